The van der Waals surface area contributed by atoms with Crippen LogP contribution in [0.25, 0.3) is 10.8 Å². The molecule has 1 amide bonds. The van der Waals surface area contributed by atoms with Gasteiger partial charge in [0.15, 0.2) is 6.10 Å². The van der Waals surface area contributed by atoms with Gasteiger partial charge in [-0.1, -0.05) is 60.7 Å². The van der Waals surface area contributed by atoms with Crippen LogP contribution in [0.5, 0.6) is 5.75 Å². The lowest BCUT2D eigenvalue weighted by atomic mass is 10.0. The number of carbonyl (C=O) groups excluding carboxylic acids is 1. The Morgan fingerprint density at radius 3 is 2.54 bits per heavy atom. The van der Waals surface area contributed by atoms with E-state index >= 15 is 0 Å². The van der Waals surface area contributed by atoms with Crippen molar-refractivity contribution in [2.24, 2.45) is 0 Å². The molecule has 0 aliphatic carbocycles. The molecule has 0 bridgehead atoms. The molecule has 3 rings (SSSR count). The monoisotopic (exact) mass is 319 g/mol. The fraction of sp³-hybridized carbons (Fsp3) is 0.190. The summed E-state index contributed by atoms with van der Waals surface area (Å²) in [6.45, 7) is 4.22. The molecular weight excluding hydrogens is 298 g/mol. The fourth-order valence-corrected chi connectivity index (χ4v) is 2.71. The first-order chi connectivity index (χ1) is 11.6. The summed E-state index contributed by atoms with van der Waals surface area (Å²) in [7, 11) is 0. The van der Waals surface area contributed by atoms with Crippen molar-refractivity contribution in [3.8, 4) is 5.75 Å². The van der Waals surface area contributed by atoms with Crippen LogP contribution in [0.15, 0.2) is 66.7 Å². The number of hydrogen-bond donors (Lipinski definition) is 1. The van der Waals surface area contributed by atoms with E-state index in [1.807, 2.05) is 55.5 Å². The predicted octanol–water partition coefficient (Wildman–Crippen LogP) is 4.23. The van der Waals surface area contributed by atoms with Gasteiger partial charge in [-0.15, -0.1) is 0 Å². The van der Waals surface area contributed by atoms with Crippen LogP contribution in [0.1, 0.15) is 18.1 Å². The molecule has 0 radical (unpaired) electrons. The molecule has 0 fully saturated rings. The zero-order valence-electron chi connectivity index (χ0n) is 14.0. The van der Waals surface area contributed by atoms with E-state index in [2.05, 4.69) is 23.5 Å². The third-order valence-corrected chi connectivity index (χ3v) is 4.10. The Hall–Kier alpha value is -2.81. The summed E-state index contributed by atoms with van der Waals surface area (Å²) in [5, 5.41) is 5.30. The number of ether oxygens (including phenoxy) is 1. The molecule has 3 nitrogen and oxygen atoms in total. The Bertz CT molecular complexity index is 852. The van der Waals surface area contributed by atoms with Crippen molar-refractivity contribution in [3.05, 3.63) is 77.9 Å². The third kappa shape index (κ3) is 3.57. The van der Waals surface area contributed by atoms with Crippen LogP contribution in [0, 0.1) is 6.92 Å². The molecule has 1 N–H and O–H groups in total. The van der Waals surface area contributed by atoms with E-state index in [-0.39, 0.29) is 5.91 Å². The Balaban J connectivity index is 1.65. The van der Waals surface area contributed by atoms with E-state index in [9.17, 15) is 4.79 Å². The molecule has 3 aromatic rings. The SMILES string of the molecule is Cc1ccccc1OC(C)C(=O)NCc1cccc2ccccc12. The van der Waals surface area contributed by atoms with E-state index in [1.54, 1.807) is 6.92 Å². The number of amides is 1. The molecule has 0 heterocycles. The zero-order valence-corrected chi connectivity index (χ0v) is 14.0. The van der Waals surface area contributed by atoms with Crippen LogP contribution in [0.4, 0.5) is 0 Å². The highest BCUT2D eigenvalue weighted by atomic mass is 16.5. The Labute approximate surface area is 142 Å². The summed E-state index contributed by atoms with van der Waals surface area (Å²) in [5.74, 6) is 0.622. The third-order valence-electron chi connectivity index (χ3n) is 4.10. The van der Waals surface area contributed by atoms with Gasteiger partial charge in [0.25, 0.3) is 5.91 Å². The lowest BCUT2D eigenvalue weighted by Crippen LogP contribution is -2.36. The number of para-hydroxylation sites is 1. The van der Waals surface area contributed by atoms with Crippen LogP contribution >= 0.6 is 0 Å². The van der Waals surface area contributed by atoms with Crippen molar-refractivity contribution in [3.63, 3.8) is 0 Å². The molecule has 3 heteroatoms. The normalized spacial score (nSPS) is 11.9. The van der Waals surface area contributed by atoms with Crippen LogP contribution < -0.4 is 10.1 Å². The molecule has 0 aromatic heterocycles. The van der Waals surface area contributed by atoms with Crippen LogP contribution in [-0.2, 0) is 11.3 Å². The van der Waals surface area contributed by atoms with E-state index < -0.39 is 6.10 Å². The van der Waals surface area contributed by atoms with Gasteiger partial charge in [0.1, 0.15) is 5.75 Å². The molecule has 122 valence electrons. The number of nitrogens with one attached hydrogen (secondary N) is 1. The fourth-order valence-electron chi connectivity index (χ4n) is 2.71. The van der Waals surface area contributed by atoms with Crippen molar-refractivity contribution in [2.45, 2.75) is 26.5 Å². The van der Waals surface area contributed by atoms with Gasteiger partial charge in [0, 0.05) is 6.54 Å². The molecule has 0 saturated heterocycles. The Morgan fingerprint density at radius 1 is 1.00 bits per heavy atom. The summed E-state index contributed by atoms with van der Waals surface area (Å²) < 4.78 is 5.77. The standard InChI is InChI=1S/C21H21NO2/c1-15-8-3-6-13-20(15)24-16(2)21(23)22-14-18-11-7-10-17-9-4-5-12-19(17)18/h3-13,16H,14H2,1-2H3,(H,22,23). The second-order valence-corrected chi connectivity index (χ2v) is 5.88. The topological polar surface area (TPSA) is 38.3 Å². The van der Waals surface area contributed by atoms with Gasteiger partial charge in [0.05, 0.1) is 0 Å². The molecule has 1 unspecified atom stereocenters. The summed E-state index contributed by atoms with van der Waals surface area (Å²) in [5.41, 5.74) is 2.12. The second-order valence-electron chi connectivity index (χ2n) is 5.88. The van der Waals surface area contributed by atoms with Crippen molar-refractivity contribution < 1.29 is 9.53 Å². The highest BCUT2D eigenvalue weighted by Gasteiger charge is 2.15. The maximum absolute atomic E-state index is 12.3. The molecule has 24 heavy (non-hydrogen) atoms. The molecule has 0 aliphatic rings. The van der Waals surface area contributed by atoms with Crippen LogP contribution in [0.2, 0.25) is 0 Å². The van der Waals surface area contributed by atoms with Crippen molar-refractivity contribution in [1.82, 2.24) is 5.32 Å². The summed E-state index contributed by atoms with van der Waals surface area (Å²) in [6.07, 6.45) is -0.541. The van der Waals surface area contributed by atoms with Crippen molar-refractivity contribution in [1.29, 1.82) is 0 Å². The second kappa shape index (κ2) is 7.18. The quantitative estimate of drug-likeness (QED) is 0.764. The van der Waals surface area contributed by atoms with E-state index in [0.717, 1.165) is 22.3 Å². The maximum Gasteiger partial charge on any atom is 0.261 e. The van der Waals surface area contributed by atoms with Gasteiger partial charge in [-0.2, -0.15) is 0 Å². The van der Waals surface area contributed by atoms with Crippen LogP contribution in [0.3, 0.4) is 0 Å². The molecular formula is C21H21NO2. The highest BCUT2D eigenvalue weighted by molar-refractivity contribution is 5.86. The molecule has 0 saturated carbocycles. The maximum atomic E-state index is 12.3. The number of hydrogen-bond acceptors (Lipinski definition) is 2. The Morgan fingerprint density at radius 2 is 1.71 bits per heavy atom. The number of fused-ring (bicyclic) bond motifs is 1. The largest absolute Gasteiger partial charge is 0.481 e. The molecule has 0 spiro atoms. The van der Waals surface area contributed by atoms with Crippen molar-refractivity contribution >= 4 is 16.7 Å². The minimum atomic E-state index is -0.541. The minimum Gasteiger partial charge on any atom is -0.481 e. The van der Waals surface area contributed by atoms with Gasteiger partial charge >= 0.3 is 0 Å². The van der Waals surface area contributed by atoms with E-state index in [1.165, 1.54) is 5.39 Å². The summed E-state index contributed by atoms with van der Waals surface area (Å²) in [6, 6.07) is 22.0. The van der Waals surface area contributed by atoms with Crippen molar-refractivity contribution in [2.75, 3.05) is 0 Å². The average molecular weight is 319 g/mol. The van der Waals surface area contributed by atoms with Gasteiger partial charge < -0.3 is 10.1 Å². The number of rotatable bonds is 5. The van der Waals surface area contributed by atoms with Crippen LogP contribution in [-0.4, -0.2) is 12.0 Å². The summed E-state index contributed by atoms with van der Waals surface area (Å²) in [4.78, 5) is 12.3. The highest BCUT2D eigenvalue weighted by Crippen LogP contribution is 2.19. The zero-order chi connectivity index (χ0) is 16.9. The van der Waals surface area contributed by atoms with E-state index in [4.69, 9.17) is 4.74 Å². The smallest absolute Gasteiger partial charge is 0.261 e. The minimum absolute atomic E-state index is 0.119. The first-order valence-electron chi connectivity index (χ1n) is 8.12. The average Bonchev–Trinajstić information content (AvgIpc) is 2.61. The molecule has 3 aromatic carbocycles. The lowest BCUT2D eigenvalue weighted by molar-refractivity contribution is -0.127. The number of carbonyl (C=O) groups is 1. The summed E-state index contributed by atoms with van der Waals surface area (Å²) >= 11 is 0. The van der Waals surface area contributed by atoms with E-state index in [0.29, 0.717) is 6.54 Å². The lowest BCUT2D eigenvalue weighted by Gasteiger charge is -2.16. The number of aryl methyl sites for hydroxylation is 1. The molecule has 0 aliphatic heterocycles. The number of benzene rings is 3. The first-order valence-corrected chi connectivity index (χ1v) is 8.12. The predicted molar refractivity (Wildman–Crippen MR) is 97.1 cm³/mol. The molecule has 1 atom stereocenters. The van der Waals surface area contributed by atoms with Gasteiger partial charge in [-0.25, -0.2) is 0 Å². The Kier molecular flexibility index (Phi) is 4.80. The first kappa shape index (κ1) is 16.1. The van der Waals surface area contributed by atoms with Gasteiger partial charge in [-0.3, -0.25) is 4.79 Å². The van der Waals surface area contributed by atoms with Gasteiger partial charge in [0.2, 0.25) is 0 Å². The van der Waals surface area contributed by atoms with Gasteiger partial charge in [-0.05, 0) is 41.8 Å².